The number of aryl methyl sites for hydroxylation is 1. The van der Waals surface area contributed by atoms with Crippen molar-refractivity contribution >= 4 is 57.7 Å². The van der Waals surface area contributed by atoms with Gasteiger partial charge in [0.2, 0.25) is 11.9 Å². The molecule has 0 bridgehead atoms. The van der Waals surface area contributed by atoms with E-state index in [1.165, 1.54) is 10.6 Å². The van der Waals surface area contributed by atoms with E-state index < -0.39 is 37.2 Å². The summed E-state index contributed by atoms with van der Waals surface area (Å²) in [6, 6.07) is 5.40. The Bertz CT molecular complexity index is 1480. The van der Waals surface area contributed by atoms with Gasteiger partial charge >= 0.3 is 6.18 Å². The van der Waals surface area contributed by atoms with Gasteiger partial charge in [-0.3, -0.25) is 14.5 Å². The van der Waals surface area contributed by atoms with Crippen LogP contribution in [0.3, 0.4) is 0 Å². The number of likely N-dealkylation sites (N-methyl/N-ethyl adjacent to an activating group) is 1. The van der Waals surface area contributed by atoms with Crippen molar-refractivity contribution in [2.75, 3.05) is 32.1 Å². The second kappa shape index (κ2) is 12.9. The Labute approximate surface area is 247 Å². The molecule has 1 aromatic heterocycles. The zero-order valence-electron chi connectivity index (χ0n) is 22.4. The molecular weight excluding hydrogens is 610 g/mol. The van der Waals surface area contributed by atoms with Crippen molar-refractivity contribution in [3.63, 3.8) is 0 Å². The average molecular weight is 637 g/mol. The molecule has 0 aliphatic carbocycles. The minimum Gasteiger partial charge on any atom is -0.487 e. The molecule has 0 radical (unpaired) electrons. The summed E-state index contributed by atoms with van der Waals surface area (Å²) in [7, 11) is 3.46. The lowest BCUT2D eigenvalue weighted by atomic mass is 10.1. The number of alkyl halides is 5. The van der Waals surface area contributed by atoms with E-state index in [0.717, 1.165) is 25.5 Å². The molecule has 42 heavy (non-hydrogen) atoms. The number of carbonyl (C=O) groups is 2. The molecule has 228 valence electrons. The van der Waals surface area contributed by atoms with Crippen molar-refractivity contribution in [2.45, 2.75) is 38.0 Å². The first-order valence-corrected chi connectivity index (χ1v) is 13.5. The molecule has 3 aromatic rings. The summed E-state index contributed by atoms with van der Waals surface area (Å²) in [5.41, 5.74) is 0.892. The minimum atomic E-state index is -4.69. The van der Waals surface area contributed by atoms with Gasteiger partial charge in [0.1, 0.15) is 18.9 Å². The number of likely N-dealkylation sites (tertiary alicyclic amines) is 1. The highest BCUT2D eigenvalue weighted by Crippen LogP contribution is 2.37. The van der Waals surface area contributed by atoms with Crippen molar-refractivity contribution in [2.24, 2.45) is 7.05 Å². The Hall–Kier alpha value is -3.36. The molecule has 3 N–H and O–H groups in total. The maximum atomic E-state index is 12.8. The van der Waals surface area contributed by atoms with Gasteiger partial charge in [-0.2, -0.15) is 13.2 Å². The maximum Gasteiger partial charge on any atom is 0.405 e. The molecule has 0 spiro atoms. The molecule has 1 aliphatic rings. The Balaban J connectivity index is 1.61. The number of hydrogen-bond acceptors (Lipinski definition) is 6. The van der Waals surface area contributed by atoms with Crippen molar-refractivity contribution < 1.29 is 36.3 Å². The van der Waals surface area contributed by atoms with E-state index in [2.05, 4.69) is 15.6 Å². The Kier molecular flexibility index (Phi) is 9.68. The van der Waals surface area contributed by atoms with Crippen LogP contribution in [0.5, 0.6) is 5.75 Å². The number of nitrogens with zero attached hydrogens (tertiary/aromatic N) is 3. The second-order valence-electron chi connectivity index (χ2n) is 9.71. The number of rotatable bonds is 10. The fraction of sp³-hybridized carbons (Fsp3) is 0.423. The highest BCUT2D eigenvalue weighted by atomic mass is 35.5. The Morgan fingerprint density at radius 2 is 1.90 bits per heavy atom. The van der Waals surface area contributed by atoms with E-state index in [-0.39, 0.29) is 51.4 Å². The normalized spacial score (nSPS) is 15.8. The van der Waals surface area contributed by atoms with Crippen molar-refractivity contribution in [1.29, 1.82) is 0 Å². The number of fused-ring (bicyclic) bond motifs is 1. The highest BCUT2D eigenvalue weighted by molar-refractivity contribution is 6.39. The summed E-state index contributed by atoms with van der Waals surface area (Å²) >= 11 is 13.0. The lowest BCUT2D eigenvalue weighted by Crippen LogP contribution is -2.41. The summed E-state index contributed by atoms with van der Waals surface area (Å²) in [5, 5.41) is 8.04. The number of benzene rings is 2. The summed E-state index contributed by atoms with van der Waals surface area (Å²) < 4.78 is 70.2. The molecule has 1 aliphatic heterocycles. The third-order valence-corrected chi connectivity index (χ3v) is 7.47. The van der Waals surface area contributed by atoms with E-state index in [1.54, 1.807) is 24.5 Å². The monoisotopic (exact) mass is 636 g/mol. The van der Waals surface area contributed by atoms with Crippen molar-refractivity contribution in [3.8, 4) is 5.75 Å². The van der Waals surface area contributed by atoms with Gasteiger partial charge in [0, 0.05) is 19.7 Å². The largest absolute Gasteiger partial charge is 0.487 e. The number of anilines is 2. The highest BCUT2D eigenvalue weighted by Gasteiger charge is 2.30. The molecule has 0 unspecified atom stereocenters. The molecule has 2 heterocycles. The number of nitrogens with one attached hydrogen (secondary N) is 3. The van der Waals surface area contributed by atoms with E-state index in [0.29, 0.717) is 11.1 Å². The number of aromatic nitrogens is 2. The number of ether oxygens (including phenoxy) is 1. The Morgan fingerprint density at radius 1 is 1.17 bits per heavy atom. The van der Waals surface area contributed by atoms with Gasteiger partial charge in [0.25, 0.3) is 12.3 Å². The van der Waals surface area contributed by atoms with Crippen LogP contribution in [0.25, 0.3) is 11.0 Å². The molecule has 1 saturated heterocycles. The van der Waals surface area contributed by atoms with Crippen LogP contribution in [0.15, 0.2) is 24.3 Å². The van der Waals surface area contributed by atoms with Crippen LogP contribution in [-0.2, 0) is 18.4 Å². The number of hydrogen-bond donors (Lipinski definition) is 3. The first-order valence-electron chi connectivity index (χ1n) is 12.7. The second-order valence-corrected chi connectivity index (χ2v) is 10.5. The van der Waals surface area contributed by atoms with Crippen molar-refractivity contribution in [3.05, 3.63) is 45.4 Å². The zero-order chi connectivity index (χ0) is 30.8. The van der Waals surface area contributed by atoms with E-state index >= 15 is 0 Å². The van der Waals surface area contributed by atoms with Crippen LogP contribution < -0.4 is 20.7 Å². The maximum absolute atomic E-state index is 12.8. The third kappa shape index (κ3) is 7.34. The smallest absolute Gasteiger partial charge is 0.405 e. The van der Waals surface area contributed by atoms with Crippen LogP contribution in [0.2, 0.25) is 10.0 Å². The molecule has 4 rings (SSSR count). The molecule has 0 saturated carbocycles. The summed E-state index contributed by atoms with van der Waals surface area (Å²) in [5.74, 6) is -1.48. The SMILES string of the molecule is CN1CCC[C@H]1C(=O)NCc1ccc(Cl)c(Nc2nc3cc(C(=O)NCC(F)(F)F)c(OCC(F)F)cc3n2C)c1Cl. The molecule has 9 nitrogen and oxygen atoms in total. The van der Waals surface area contributed by atoms with Crippen LogP contribution in [0.4, 0.5) is 33.6 Å². The van der Waals surface area contributed by atoms with Gasteiger partial charge in [-0.25, -0.2) is 13.8 Å². The van der Waals surface area contributed by atoms with Gasteiger partial charge in [0.05, 0.1) is 38.4 Å². The van der Waals surface area contributed by atoms with Gasteiger partial charge < -0.3 is 25.3 Å². The van der Waals surface area contributed by atoms with Crippen LogP contribution in [-0.4, -0.2) is 71.7 Å². The van der Waals surface area contributed by atoms with Gasteiger partial charge in [-0.05, 0) is 44.1 Å². The molecule has 1 atom stereocenters. The first-order chi connectivity index (χ1) is 19.7. The topological polar surface area (TPSA) is 101 Å². The van der Waals surface area contributed by atoms with E-state index in [4.69, 9.17) is 27.9 Å². The molecular formula is C26H27Cl2F5N6O3. The predicted octanol–water partition coefficient (Wildman–Crippen LogP) is 5.27. The summed E-state index contributed by atoms with van der Waals surface area (Å²) in [6.07, 6.45) is -5.89. The zero-order valence-corrected chi connectivity index (χ0v) is 23.9. The molecule has 16 heteroatoms. The lowest BCUT2D eigenvalue weighted by molar-refractivity contribution is -0.125. The van der Waals surface area contributed by atoms with Gasteiger partial charge in [-0.15, -0.1) is 0 Å². The fourth-order valence-corrected chi connectivity index (χ4v) is 5.09. The first kappa shape index (κ1) is 31.6. The summed E-state index contributed by atoms with van der Waals surface area (Å²) in [6.45, 7) is -1.74. The molecule has 1 fully saturated rings. The van der Waals surface area contributed by atoms with Crippen molar-refractivity contribution in [1.82, 2.24) is 25.1 Å². The predicted molar refractivity (Wildman–Crippen MR) is 148 cm³/mol. The standard InChI is InChI=1S/C26H27Cl2F5N6O3/c1-38-7-3-4-17(38)24(41)34-10-13-5-6-15(27)22(21(13)28)37-25-36-16-8-14(23(40)35-12-26(31,32)33)19(42-11-20(29)30)9-18(16)39(25)2/h5-6,8-9,17,20H,3-4,7,10-12H2,1-2H3,(H,34,41)(H,35,40)(H,36,37)/t17-/m0/s1. The molecule has 2 amide bonds. The van der Waals surface area contributed by atoms with Crippen LogP contribution >= 0.6 is 23.2 Å². The number of carbonyl (C=O) groups excluding carboxylic acids is 2. The number of imidazole rings is 1. The fourth-order valence-electron chi connectivity index (χ4n) is 4.56. The Morgan fingerprint density at radius 3 is 2.55 bits per heavy atom. The average Bonchev–Trinajstić information content (AvgIpc) is 3.49. The van der Waals surface area contributed by atoms with Crippen LogP contribution in [0, 0.1) is 0 Å². The number of amides is 2. The van der Waals surface area contributed by atoms with Gasteiger partial charge in [0.15, 0.2) is 0 Å². The molecule has 2 aromatic carbocycles. The van der Waals surface area contributed by atoms with E-state index in [9.17, 15) is 31.5 Å². The number of halogens is 7. The quantitative estimate of drug-likeness (QED) is 0.262. The summed E-state index contributed by atoms with van der Waals surface area (Å²) in [4.78, 5) is 31.5. The third-order valence-electron chi connectivity index (χ3n) is 6.73. The van der Waals surface area contributed by atoms with Crippen LogP contribution in [0.1, 0.15) is 28.8 Å². The van der Waals surface area contributed by atoms with E-state index in [1.807, 2.05) is 11.9 Å². The minimum absolute atomic E-state index is 0.120. The lowest BCUT2D eigenvalue weighted by Gasteiger charge is -2.19. The van der Waals surface area contributed by atoms with Gasteiger partial charge in [-0.1, -0.05) is 29.3 Å².